The molecule has 1 unspecified atom stereocenters. The summed E-state index contributed by atoms with van der Waals surface area (Å²) in [5.41, 5.74) is 2.87. The summed E-state index contributed by atoms with van der Waals surface area (Å²) < 4.78 is 11.5. The molecule has 0 amide bonds. The Morgan fingerprint density at radius 2 is 2.30 bits per heavy atom. The summed E-state index contributed by atoms with van der Waals surface area (Å²) in [5.74, 6) is 1.59. The first-order chi connectivity index (χ1) is 9.74. The molecule has 2 heterocycles. The Morgan fingerprint density at radius 3 is 3.05 bits per heavy atom. The maximum Gasteiger partial charge on any atom is 0.168 e. The third-order valence-electron chi connectivity index (χ3n) is 3.27. The molecule has 1 atom stereocenters. The van der Waals surface area contributed by atoms with Crippen LogP contribution in [0, 0.1) is 6.92 Å². The standard InChI is InChI=1S/C16H15NO3/c1-11-2-5-16-12(6-11)7-15(20-16)10-19-14-4-3-13(9-18)17-8-14/h2-6,8-9,15H,7,10H2,1H3. The lowest BCUT2D eigenvalue weighted by Crippen LogP contribution is -2.22. The Bertz CT molecular complexity index is 622. The van der Waals surface area contributed by atoms with E-state index in [1.807, 2.05) is 12.1 Å². The zero-order valence-corrected chi connectivity index (χ0v) is 11.2. The molecule has 0 fully saturated rings. The van der Waals surface area contributed by atoms with Gasteiger partial charge in [0, 0.05) is 6.42 Å². The van der Waals surface area contributed by atoms with Crippen molar-refractivity contribution in [1.29, 1.82) is 0 Å². The maximum atomic E-state index is 10.5. The highest BCUT2D eigenvalue weighted by molar-refractivity contribution is 5.71. The van der Waals surface area contributed by atoms with Crippen LogP contribution in [0.1, 0.15) is 21.6 Å². The highest BCUT2D eigenvalue weighted by Gasteiger charge is 2.23. The molecular formula is C16H15NO3. The molecule has 0 radical (unpaired) electrons. The number of aromatic nitrogens is 1. The lowest BCUT2D eigenvalue weighted by Gasteiger charge is -2.12. The SMILES string of the molecule is Cc1ccc2c(c1)CC(COc1ccc(C=O)nc1)O2. The normalized spacial score (nSPS) is 16.4. The number of benzene rings is 1. The Hall–Kier alpha value is -2.36. The van der Waals surface area contributed by atoms with Crippen LogP contribution in [0.2, 0.25) is 0 Å². The van der Waals surface area contributed by atoms with Crippen LogP contribution in [0.15, 0.2) is 36.5 Å². The summed E-state index contributed by atoms with van der Waals surface area (Å²) in [4.78, 5) is 14.5. The molecule has 2 aromatic rings. The summed E-state index contributed by atoms with van der Waals surface area (Å²) in [6.45, 7) is 2.54. The van der Waals surface area contributed by atoms with E-state index in [0.717, 1.165) is 12.2 Å². The van der Waals surface area contributed by atoms with E-state index in [9.17, 15) is 4.79 Å². The number of aryl methyl sites for hydroxylation is 1. The predicted molar refractivity (Wildman–Crippen MR) is 74.4 cm³/mol. The zero-order chi connectivity index (χ0) is 13.9. The van der Waals surface area contributed by atoms with Gasteiger partial charge in [0.15, 0.2) is 6.29 Å². The van der Waals surface area contributed by atoms with Crippen LogP contribution in [-0.2, 0) is 6.42 Å². The third-order valence-corrected chi connectivity index (χ3v) is 3.27. The molecular weight excluding hydrogens is 254 g/mol. The molecule has 102 valence electrons. The molecule has 3 rings (SSSR count). The number of pyridine rings is 1. The van der Waals surface area contributed by atoms with Crippen molar-refractivity contribution in [3.05, 3.63) is 53.3 Å². The molecule has 4 heteroatoms. The summed E-state index contributed by atoms with van der Waals surface area (Å²) in [6, 6.07) is 9.57. The van der Waals surface area contributed by atoms with E-state index in [1.165, 1.54) is 11.1 Å². The van der Waals surface area contributed by atoms with E-state index in [1.54, 1.807) is 18.3 Å². The number of carbonyl (C=O) groups is 1. The van der Waals surface area contributed by atoms with Crippen LogP contribution in [0.4, 0.5) is 0 Å². The van der Waals surface area contributed by atoms with E-state index >= 15 is 0 Å². The second-order valence-corrected chi connectivity index (χ2v) is 4.90. The number of aldehydes is 1. The number of ether oxygens (including phenoxy) is 2. The average molecular weight is 269 g/mol. The Kier molecular flexibility index (Phi) is 3.37. The van der Waals surface area contributed by atoms with Gasteiger partial charge in [0.05, 0.1) is 6.20 Å². The second kappa shape index (κ2) is 5.33. The summed E-state index contributed by atoms with van der Waals surface area (Å²) >= 11 is 0. The number of fused-ring (bicyclic) bond motifs is 1. The number of carbonyl (C=O) groups excluding carboxylic acids is 1. The fraction of sp³-hybridized carbons (Fsp3) is 0.250. The van der Waals surface area contributed by atoms with Crippen LogP contribution in [0.3, 0.4) is 0 Å². The van der Waals surface area contributed by atoms with E-state index in [4.69, 9.17) is 9.47 Å². The van der Waals surface area contributed by atoms with Gasteiger partial charge in [-0.05, 0) is 30.7 Å². The van der Waals surface area contributed by atoms with Gasteiger partial charge < -0.3 is 9.47 Å². The highest BCUT2D eigenvalue weighted by Crippen LogP contribution is 2.29. The van der Waals surface area contributed by atoms with Crippen LogP contribution in [0.25, 0.3) is 0 Å². The van der Waals surface area contributed by atoms with E-state index in [-0.39, 0.29) is 6.10 Å². The van der Waals surface area contributed by atoms with Crippen molar-refractivity contribution in [2.45, 2.75) is 19.4 Å². The lowest BCUT2D eigenvalue weighted by molar-refractivity contribution is 0.111. The molecule has 0 saturated heterocycles. The van der Waals surface area contributed by atoms with Gasteiger partial charge in [-0.25, -0.2) is 4.98 Å². The van der Waals surface area contributed by atoms with Crippen molar-refractivity contribution in [2.75, 3.05) is 6.61 Å². The first kappa shape index (κ1) is 12.7. The Balaban J connectivity index is 1.59. The lowest BCUT2D eigenvalue weighted by atomic mass is 10.1. The number of rotatable bonds is 4. The minimum atomic E-state index is 0.0255. The van der Waals surface area contributed by atoms with Gasteiger partial charge in [0.25, 0.3) is 0 Å². The molecule has 1 aliphatic rings. The van der Waals surface area contributed by atoms with Crippen LogP contribution < -0.4 is 9.47 Å². The first-order valence-electron chi connectivity index (χ1n) is 6.55. The van der Waals surface area contributed by atoms with Gasteiger partial charge in [0.2, 0.25) is 0 Å². The molecule has 0 spiro atoms. The van der Waals surface area contributed by atoms with Crippen LogP contribution in [-0.4, -0.2) is 24.0 Å². The fourth-order valence-corrected chi connectivity index (χ4v) is 2.28. The maximum absolute atomic E-state index is 10.5. The van der Waals surface area contributed by atoms with Gasteiger partial charge >= 0.3 is 0 Å². The molecule has 20 heavy (non-hydrogen) atoms. The third kappa shape index (κ3) is 2.64. The van der Waals surface area contributed by atoms with Crippen LogP contribution in [0.5, 0.6) is 11.5 Å². The van der Waals surface area contributed by atoms with Gasteiger partial charge in [-0.15, -0.1) is 0 Å². The molecule has 1 aliphatic heterocycles. The average Bonchev–Trinajstić information content (AvgIpc) is 2.87. The van der Waals surface area contributed by atoms with Crippen molar-refractivity contribution in [1.82, 2.24) is 4.98 Å². The quantitative estimate of drug-likeness (QED) is 0.800. The van der Waals surface area contributed by atoms with Crippen molar-refractivity contribution < 1.29 is 14.3 Å². The van der Waals surface area contributed by atoms with Gasteiger partial charge in [-0.1, -0.05) is 17.7 Å². The molecule has 0 N–H and O–H groups in total. The second-order valence-electron chi connectivity index (χ2n) is 4.90. The molecule has 0 aliphatic carbocycles. The number of nitrogens with zero attached hydrogens (tertiary/aromatic N) is 1. The summed E-state index contributed by atoms with van der Waals surface area (Å²) in [5, 5.41) is 0. The predicted octanol–water partition coefficient (Wildman–Crippen LogP) is 2.59. The van der Waals surface area contributed by atoms with Gasteiger partial charge in [0.1, 0.15) is 29.9 Å². The highest BCUT2D eigenvalue weighted by atomic mass is 16.5. The molecule has 1 aromatic carbocycles. The first-order valence-corrected chi connectivity index (χ1v) is 6.55. The van der Waals surface area contributed by atoms with Crippen molar-refractivity contribution in [3.63, 3.8) is 0 Å². The molecule has 1 aromatic heterocycles. The van der Waals surface area contributed by atoms with Crippen molar-refractivity contribution in [3.8, 4) is 11.5 Å². The van der Waals surface area contributed by atoms with E-state index in [0.29, 0.717) is 24.3 Å². The summed E-state index contributed by atoms with van der Waals surface area (Å²) in [6.07, 6.45) is 3.15. The van der Waals surface area contributed by atoms with E-state index < -0.39 is 0 Å². The minimum absolute atomic E-state index is 0.0255. The molecule has 0 bridgehead atoms. The summed E-state index contributed by atoms with van der Waals surface area (Å²) in [7, 11) is 0. The topological polar surface area (TPSA) is 48.4 Å². The Labute approximate surface area is 117 Å². The fourth-order valence-electron chi connectivity index (χ4n) is 2.28. The van der Waals surface area contributed by atoms with E-state index in [2.05, 4.69) is 18.0 Å². The van der Waals surface area contributed by atoms with Gasteiger partial charge in [-0.2, -0.15) is 0 Å². The van der Waals surface area contributed by atoms with Crippen LogP contribution >= 0.6 is 0 Å². The monoisotopic (exact) mass is 269 g/mol. The Morgan fingerprint density at radius 1 is 1.40 bits per heavy atom. The molecule has 4 nitrogen and oxygen atoms in total. The smallest absolute Gasteiger partial charge is 0.168 e. The minimum Gasteiger partial charge on any atom is -0.488 e. The van der Waals surface area contributed by atoms with Gasteiger partial charge in [-0.3, -0.25) is 4.79 Å². The molecule has 0 saturated carbocycles. The zero-order valence-electron chi connectivity index (χ0n) is 11.2. The number of hydrogen-bond acceptors (Lipinski definition) is 4. The largest absolute Gasteiger partial charge is 0.488 e. The van der Waals surface area contributed by atoms with Crippen molar-refractivity contribution in [2.24, 2.45) is 0 Å². The number of hydrogen-bond donors (Lipinski definition) is 0. The van der Waals surface area contributed by atoms with Crippen molar-refractivity contribution >= 4 is 6.29 Å².